The van der Waals surface area contributed by atoms with Crippen molar-refractivity contribution >= 4 is 40.5 Å². The van der Waals surface area contributed by atoms with Crippen molar-refractivity contribution in [2.24, 2.45) is 0 Å². The lowest BCUT2D eigenvalue weighted by molar-refractivity contribution is 0.164. The molecular formula is C92H114Cl3F6NO4. The fourth-order valence-electron chi connectivity index (χ4n) is 11.0. The summed E-state index contributed by atoms with van der Waals surface area (Å²) in [5.41, 5.74) is 15.0. The number of hydrogen-bond donors (Lipinski definition) is 0. The van der Waals surface area contributed by atoms with Crippen LogP contribution >= 0.6 is 34.8 Å². The van der Waals surface area contributed by atoms with Crippen LogP contribution in [0.4, 0.5) is 32.0 Å². The maximum atomic E-state index is 13.8. The SMILES string of the molecule is CC(C)c1ccc2c(c1Cl)OCCO2.CC(C)c1ccc2c(c1F)OCCO2.Cc1ccc(C(C)C)c(F)c1.Cc1ccc(Cl)c(C(C)C)c1.Cc1ccc(F)c(C(C)C)c1.Cc1cccc(C(C)C)c1Cl.Cc1cccc(C(C)C)c1F.Cc1cccc(F)c1C(C)C.[C-]#[N+]c1ccc(F)c(C(C)C)c1. The average Bonchev–Trinajstić information content (AvgIpc) is 0.809. The summed E-state index contributed by atoms with van der Waals surface area (Å²) < 4.78 is 101. The Bertz CT molecular complexity index is 4040. The maximum absolute atomic E-state index is 13.8. The number of halogens is 9. The Balaban J connectivity index is 0.000000310. The highest BCUT2D eigenvalue weighted by molar-refractivity contribution is 6.33. The number of nitrogens with zero attached hydrogens (tertiary/aromatic N) is 1. The van der Waals surface area contributed by atoms with E-state index in [1.165, 1.54) is 41.0 Å². The van der Waals surface area contributed by atoms with Crippen LogP contribution in [0, 0.1) is 83.0 Å². The molecule has 9 aromatic rings. The molecule has 0 fully saturated rings. The van der Waals surface area contributed by atoms with E-state index in [-0.39, 0.29) is 76.2 Å². The van der Waals surface area contributed by atoms with Gasteiger partial charge in [0.2, 0.25) is 0 Å². The number of fused-ring (bicyclic) bond motifs is 2. The Hall–Kier alpha value is -7.88. The molecule has 9 aromatic carbocycles. The zero-order chi connectivity index (χ0) is 80.0. The highest BCUT2D eigenvalue weighted by atomic mass is 35.5. The molecule has 0 amide bonds. The summed E-state index contributed by atoms with van der Waals surface area (Å²) in [6.07, 6.45) is 0. The second kappa shape index (κ2) is 45.7. The van der Waals surface area contributed by atoms with Gasteiger partial charge in [-0.05, 0) is 210 Å². The van der Waals surface area contributed by atoms with Gasteiger partial charge in [0.05, 0.1) is 11.6 Å². The van der Waals surface area contributed by atoms with Crippen molar-refractivity contribution < 1.29 is 45.3 Å². The number of benzene rings is 9. The van der Waals surface area contributed by atoms with Crippen LogP contribution in [0.1, 0.15) is 261 Å². The van der Waals surface area contributed by atoms with E-state index in [9.17, 15) is 26.3 Å². The molecule has 0 bridgehead atoms. The zero-order valence-corrected chi connectivity index (χ0v) is 69.2. The third kappa shape index (κ3) is 29.4. The van der Waals surface area contributed by atoms with Crippen LogP contribution in [0.25, 0.3) is 4.85 Å². The van der Waals surface area contributed by atoms with Crippen LogP contribution in [0.5, 0.6) is 23.0 Å². The molecule has 0 aromatic heterocycles. The normalized spacial score (nSPS) is 11.6. The van der Waals surface area contributed by atoms with Crippen molar-refractivity contribution in [3.8, 4) is 23.0 Å². The second-order valence-electron chi connectivity index (χ2n) is 29.2. The zero-order valence-electron chi connectivity index (χ0n) is 66.9. The van der Waals surface area contributed by atoms with Gasteiger partial charge >= 0.3 is 0 Å². The molecule has 0 saturated carbocycles. The van der Waals surface area contributed by atoms with Gasteiger partial charge in [0, 0.05) is 10.0 Å². The van der Waals surface area contributed by atoms with E-state index in [4.69, 9.17) is 60.3 Å². The number of rotatable bonds is 9. The third-order valence-corrected chi connectivity index (χ3v) is 18.4. The van der Waals surface area contributed by atoms with E-state index in [0.717, 1.165) is 71.4 Å². The van der Waals surface area contributed by atoms with E-state index in [1.807, 2.05) is 178 Å². The molecule has 11 rings (SSSR count). The minimum absolute atomic E-state index is 0.0532. The minimum atomic E-state index is -0.280. The first kappa shape index (κ1) is 92.3. The van der Waals surface area contributed by atoms with Crippen LogP contribution in [0.2, 0.25) is 15.1 Å². The van der Waals surface area contributed by atoms with Gasteiger partial charge in [-0.2, -0.15) is 0 Å². The van der Waals surface area contributed by atoms with Gasteiger partial charge in [-0.1, -0.05) is 280 Å². The van der Waals surface area contributed by atoms with Gasteiger partial charge in [-0.15, -0.1) is 0 Å². The molecule has 574 valence electrons. The second-order valence-corrected chi connectivity index (χ2v) is 30.4. The van der Waals surface area contributed by atoms with Crippen molar-refractivity contribution in [2.75, 3.05) is 26.4 Å². The first-order valence-corrected chi connectivity index (χ1v) is 37.7. The fourth-order valence-corrected chi connectivity index (χ4v) is 12.2. The summed E-state index contributed by atoms with van der Waals surface area (Å²) in [7, 11) is 0. The summed E-state index contributed by atoms with van der Waals surface area (Å²) in [6.45, 7) is 57.1. The lowest BCUT2D eigenvalue weighted by Gasteiger charge is -2.21. The molecule has 14 heteroatoms. The lowest BCUT2D eigenvalue weighted by Crippen LogP contribution is -2.17. The van der Waals surface area contributed by atoms with E-state index in [2.05, 4.69) is 71.5 Å². The van der Waals surface area contributed by atoms with Crippen molar-refractivity contribution in [1.82, 2.24) is 0 Å². The minimum Gasteiger partial charge on any atom is -0.486 e. The molecule has 0 aliphatic carbocycles. The molecule has 2 aliphatic rings. The lowest BCUT2D eigenvalue weighted by atomic mass is 9.98. The fraction of sp³-hybridized carbons (Fsp3) is 0.402. The molecule has 5 nitrogen and oxygen atoms in total. The molecule has 0 N–H and O–H groups in total. The van der Waals surface area contributed by atoms with Crippen molar-refractivity contribution in [3.63, 3.8) is 0 Å². The molecule has 0 unspecified atom stereocenters. The van der Waals surface area contributed by atoms with Crippen LogP contribution < -0.4 is 18.9 Å². The number of ether oxygens (including phenoxy) is 4. The van der Waals surface area contributed by atoms with Crippen LogP contribution in [-0.4, -0.2) is 26.4 Å². The molecule has 0 spiro atoms. The summed E-state index contributed by atoms with van der Waals surface area (Å²) in [5, 5.41) is 2.49. The highest BCUT2D eigenvalue weighted by Crippen LogP contribution is 2.42. The molecule has 106 heavy (non-hydrogen) atoms. The molecule has 0 atom stereocenters. The van der Waals surface area contributed by atoms with E-state index >= 15 is 0 Å². The summed E-state index contributed by atoms with van der Waals surface area (Å²) >= 11 is 18.3. The first-order chi connectivity index (χ1) is 49.7. The van der Waals surface area contributed by atoms with Gasteiger partial charge in [-0.3, -0.25) is 0 Å². The van der Waals surface area contributed by atoms with Gasteiger partial charge in [-0.25, -0.2) is 31.2 Å². The van der Waals surface area contributed by atoms with Crippen molar-refractivity contribution in [3.05, 3.63) is 296 Å². The molecule has 2 aliphatic heterocycles. The quantitative estimate of drug-likeness (QED) is 0.107. The topological polar surface area (TPSA) is 41.3 Å². The predicted molar refractivity (Wildman–Crippen MR) is 436 cm³/mol. The molecule has 0 radical (unpaired) electrons. The average molecular weight is 1520 g/mol. The summed E-state index contributed by atoms with van der Waals surface area (Å²) in [6, 6.07) is 45.6. The van der Waals surface area contributed by atoms with Crippen LogP contribution in [-0.2, 0) is 0 Å². The van der Waals surface area contributed by atoms with Gasteiger partial charge in [0.25, 0.3) is 0 Å². The smallest absolute Gasteiger partial charge is 0.197 e. The highest BCUT2D eigenvalue weighted by Gasteiger charge is 2.22. The third-order valence-electron chi connectivity index (χ3n) is 17.2. The molecule has 0 saturated heterocycles. The van der Waals surface area contributed by atoms with Gasteiger partial charge < -0.3 is 18.9 Å². The predicted octanol–water partition coefficient (Wildman–Crippen LogP) is 30.0. The monoisotopic (exact) mass is 1520 g/mol. The Morgan fingerprint density at radius 3 is 1.15 bits per heavy atom. The summed E-state index contributed by atoms with van der Waals surface area (Å²) in [4.78, 5) is 3.24. The van der Waals surface area contributed by atoms with Crippen LogP contribution in [0.15, 0.2) is 152 Å². The summed E-state index contributed by atoms with van der Waals surface area (Å²) in [5.74, 6) is 4.23. The Morgan fingerprint density at radius 1 is 0.311 bits per heavy atom. The van der Waals surface area contributed by atoms with Crippen molar-refractivity contribution in [2.45, 2.75) is 219 Å². The first-order valence-electron chi connectivity index (χ1n) is 36.6. The standard InChI is InChI=1S/C11H13ClO2.C11H13FO2.2C10H13Cl.C10H10FN.4C10H13F/c2*1-7(2)8-3-4-9-11(10(8)12)14-6-5-13-9;1-7(2)9-6-8(3)4-5-10(9)11;1-7(2)9-6-4-5-8(3)10(9)11;1-7(2)9-6-8(12-3)4-5-10(9)11;1-7(2)9-6-8(3)4-5-10(9)11;1-7(2)9-5-4-8(3)6-10(9)11;1-7(2)10-8(3)5-4-6-9(10)11;1-7(2)9-6-4-5-8(3)10(9)11/h2*3-4,7H,5-6H2,1-2H3;2*4-7H,1-3H3;4-7H,1-2H3;4*4-7H,1-3H3. The Labute approximate surface area is 647 Å². The Kier molecular flexibility index (Phi) is 39.8. The van der Waals surface area contributed by atoms with E-state index in [1.54, 1.807) is 49.4 Å². The maximum Gasteiger partial charge on any atom is 0.197 e. The van der Waals surface area contributed by atoms with Crippen molar-refractivity contribution in [1.29, 1.82) is 0 Å². The molecule has 2 heterocycles. The number of hydrogen-bond acceptors (Lipinski definition) is 4. The van der Waals surface area contributed by atoms with Gasteiger partial charge in [0.15, 0.2) is 34.5 Å². The number of aryl methyl sites for hydroxylation is 6. The Morgan fingerprint density at radius 2 is 0.698 bits per heavy atom. The van der Waals surface area contributed by atoms with E-state index < -0.39 is 0 Å². The van der Waals surface area contributed by atoms with E-state index in [0.29, 0.717) is 77.5 Å². The molecular weight excluding hydrogens is 1400 g/mol. The van der Waals surface area contributed by atoms with Crippen LogP contribution in [0.3, 0.4) is 0 Å². The largest absolute Gasteiger partial charge is 0.486 e. The van der Waals surface area contributed by atoms with Gasteiger partial charge in [0.1, 0.15) is 55.5 Å².